The number of rotatable bonds is 3. The second kappa shape index (κ2) is 8.46. The Bertz CT molecular complexity index is 1250. The molecule has 34 heavy (non-hydrogen) atoms. The Hall–Kier alpha value is -2.23. The number of aliphatic hydroxyl groups is 1. The number of hydrogen-bond donors (Lipinski definition) is 1. The van der Waals surface area contributed by atoms with Crippen molar-refractivity contribution in [1.29, 1.82) is 5.26 Å². The number of pyridine rings is 1. The molecule has 1 heterocycles. The van der Waals surface area contributed by atoms with E-state index in [9.17, 15) is 10.4 Å². The van der Waals surface area contributed by atoms with Crippen LogP contribution in [0.3, 0.4) is 0 Å². The summed E-state index contributed by atoms with van der Waals surface area (Å²) in [7, 11) is 0. The van der Waals surface area contributed by atoms with Crippen molar-refractivity contribution in [3.8, 4) is 17.2 Å². The number of benzene rings is 2. The summed E-state index contributed by atoms with van der Waals surface area (Å²) in [5, 5.41) is 21.4. The van der Waals surface area contributed by atoms with Gasteiger partial charge in [0.05, 0.1) is 0 Å². The van der Waals surface area contributed by atoms with E-state index >= 15 is 0 Å². The Morgan fingerprint density at radius 3 is 2.50 bits per heavy atom. The van der Waals surface area contributed by atoms with Gasteiger partial charge in [0.2, 0.25) is 0 Å². The Morgan fingerprint density at radius 1 is 0.971 bits per heavy atom. The number of nitrogens with zero attached hydrogens (tertiary/aromatic N) is 2. The first kappa shape index (κ1) is 22.2. The minimum atomic E-state index is -0.537. The van der Waals surface area contributed by atoms with Crippen LogP contribution in [0, 0.1) is 32.2 Å². The second-order valence-electron chi connectivity index (χ2n) is 10.5. The summed E-state index contributed by atoms with van der Waals surface area (Å²) in [6.45, 7) is 2.40. The van der Waals surface area contributed by atoms with Crippen molar-refractivity contribution in [1.82, 2.24) is 4.98 Å². The van der Waals surface area contributed by atoms with Crippen LogP contribution >= 0.6 is 0 Å². The monoisotopic (exact) mass is 561 g/mol. The van der Waals surface area contributed by atoms with Gasteiger partial charge in [0.1, 0.15) is 0 Å². The Morgan fingerprint density at radius 2 is 1.74 bits per heavy atom. The van der Waals surface area contributed by atoms with E-state index in [0.717, 1.165) is 37.7 Å². The third kappa shape index (κ3) is 3.51. The molecule has 2 fully saturated rings. The molecule has 2 saturated carbocycles. The number of hydrogen-bond acceptors (Lipinski definition) is 3. The van der Waals surface area contributed by atoms with Crippen molar-refractivity contribution < 1.29 is 26.3 Å². The van der Waals surface area contributed by atoms with Gasteiger partial charge in [0.25, 0.3) is 0 Å². The average molecular weight is 561 g/mol. The van der Waals surface area contributed by atoms with E-state index in [1.165, 1.54) is 32.2 Å². The van der Waals surface area contributed by atoms with Gasteiger partial charge in [-0.1, -0.05) is 0 Å². The second-order valence-corrected chi connectivity index (χ2v) is 14.1. The van der Waals surface area contributed by atoms with Crippen LogP contribution in [0.1, 0.15) is 61.6 Å². The average Bonchev–Trinajstić information content (AvgIpc) is 3.14. The van der Waals surface area contributed by atoms with Crippen LogP contribution in [-0.2, 0) is 6.42 Å². The van der Waals surface area contributed by atoms with Crippen LogP contribution in [0.4, 0.5) is 0 Å². The first-order valence-corrected chi connectivity index (χ1v) is 14.6. The van der Waals surface area contributed by atoms with Gasteiger partial charge in [-0.05, 0) is 0 Å². The standard InChI is InChI=1S/C30H30IN2O/c1-29-14-10-26-25-8-2-20(19-32)18-23(25)5-9-27(26)28(29)11-15-30(29,34)31-24-6-3-21(4-7-24)22-12-16-33-17-13-22/h2-4,6-8,12-13,16-18,26-28,34H,5,9-11,14-15H2,1H3/q-1/t26?,27?,28?,29-,30-/m0/s1. The third-order valence-electron chi connectivity index (χ3n) is 9.03. The molecule has 5 atom stereocenters. The number of aromatic nitrogens is 1. The maximum atomic E-state index is 12.1. The summed E-state index contributed by atoms with van der Waals surface area (Å²) >= 11 is -0.517. The van der Waals surface area contributed by atoms with E-state index in [2.05, 4.69) is 54.4 Å². The van der Waals surface area contributed by atoms with Gasteiger partial charge in [-0.15, -0.1) is 0 Å². The van der Waals surface area contributed by atoms with Gasteiger partial charge in [-0.3, -0.25) is 0 Å². The zero-order valence-corrected chi connectivity index (χ0v) is 21.7. The summed E-state index contributed by atoms with van der Waals surface area (Å²) in [4.78, 5) is 4.12. The molecule has 0 saturated heterocycles. The molecular weight excluding hydrogens is 531 g/mol. The molecule has 1 N–H and O–H groups in total. The van der Waals surface area contributed by atoms with Gasteiger partial charge in [0.15, 0.2) is 0 Å². The summed E-state index contributed by atoms with van der Waals surface area (Å²) < 4.78 is 0.797. The molecule has 0 bridgehead atoms. The van der Waals surface area contributed by atoms with E-state index in [0.29, 0.717) is 17.8 Å². The summed E-state index contributed by atoms with van der Waals surface area (Å²) in [6, 6.07) is 21.6. The molecule has 0 spiro atoms. The Labute approximate surface area is 212 Å². The molecule has 0 aliphatic heterocycles. The van der Waals surface area contributed by atoms with Crippen molar-refractivity contribution in [2.45, 2.75) is 55.0 Å². The first-order chi connectivity index (χ1) is 16.5. The maximum absolute atomic E-state index is 12.1. The molecule has 0 amide bonds. The number of halogens is 1. The van der Waals surface area contributed by atoms with Crippen molar-refractivity contribution in [3.63, 3.8) is 0 Å². The SMILES string of the molecule is C[C@]12CCC3c4ccc(C#N)cc4CCC3C1CC[C@@]2(O)[I-]c1ccc(-c2ccncc2)cc1. The molecule has 0 radical (unpaired) electrons. The Balaban J connectivity index is 1.24. The zero-order chi connectivity index (χ0) is 23.3. The van der Waals surface area contributed by atoms with Gasteiger partial charge in [-0.25, -0.2) is 0 Å². The zero-order valence-electron chi connectivity index (χ0n) is 19.5. The molecule has 3 unspecified atom stereocenters. The van der Waals surface area contributed by atoms with E-state index in [1.807, 2.05) is 30.6 Å². The fourth-order valence-corrected chi connectivity index (χ4v) is 10.8. The minimum absolute atomic E-state index is 0.00924. The van der Waals surface area contributed by atoms with E-state index < -0.39 is 24.8 Å². The molecular formula is C30H30IN2O-. The number of alkyl halides is 1. The molecule has 2 aromatic carbocycles. The van der Waals surface area contributed by atoms with Crippen LogP contribution in [0.5, 0.6) is 0 Å². The van der Waals surface area contributed by atoms with Crippen molar-refractivity contribution >= 4 is 0 Å². The van der Waals surface area contributed by atoms with Crippen molar-refractivity contribution in [2.24, 2.45) is 17.3 Å². The predicted octanol–water partition coefficient (Wildman–Crippen LogP) is 3.12. The molecule has 1 aromatic heterocycles. The van der Waals surface area contributed by atoms with Crippen LogP contribution in [-0.4, -0.2) is 13.7 Å². The fraction of sp³-hybridized carbons (Fsp3) is 0.400. The summed E-state index contributed by atoms with van der Waals surface area (Å²) in [5.41, 5.74) is 6.05. The molecule has 4 heteroatoms. The first-order valence-electron chi connectivity index (χ1n) is 12.4. The van der Waals surface area contributed by atoms with E-state index in [-0.39, 0.29) is 5.41 Å². The Kier molecular flexibility index (Phi) is 5.54. The summed E-state index contributed by atoms with van der Waals surface area (Å²) in [6.07, 6.45) is 10.3. The quantitative estimate of drug-likeness (QED) is 0.395. The molecule has 3 nitrogen and oxygen atoms in total. The molecule has 3 aliphatic carbocycles. The predicted molar refractivity (Wildman–Crippen MR) is 129 cm³/mol. The van der Waals surface area contributed by atoms with Crippen molar-refractivity contribution in [3.05, 3.63) is 87.3 Å². The number of fused-ring (bicyclic) bond motifs is 5. The number of aryl methyl sites for hydroxylation is 1. The van der Waals surface area contributed by atoms with Crippen LogP contribution in [0.2, 0.25) is 0 Å². The number of nitriles is 1. The normalized spacial score (nSPS) is 31.9. The van der Waals surface area contributed by atoms with E-state index in [4.69, 9.17) is 0 Å². The third-order valence-corrected chi connectivity index (χ3v) is 13.0. The van der Waals surface area contributed by atoms with Gasteiger partial charge in [0, 0.05) is 0 Å². The van der Waals surface area contributed by atoms with Crippen LogP contribution < -0.4 is 21.2 Å². The molecule has 174 valence electrons. The van der Waals surface area contributed by atoms with Gasteiger partial charge < -0.3 is 0 Å². The topological polar surface area (TPSA) is 56.9 Å². The van der Waals surface area contributed by atoms with Crippen LogP contribution in [0.25, 0.3) is 11.1 Å². The van der Waals surface area contributed by atoms with Crippen molar-refractivity contribution in [2.75, 3.05) is 0 Å². The van der Waals surface area contributed by atoms with Gasteiger partial charge >= 0.3 is 213 Å². The molecule has 6 rings (SSSR count). The van der Waals surface area contributed by atoms with Gasteiger partial charge in [-0.2, -0.15) is 0 Å². The fourth-order valence-electron chi connectivity index (χ4n) is 7.20. The van der Waals surface area contributed by atoms with E-state index in [1.54, 1.807) is 0 Å². The molecule has 3 aromatic rings. The summed E-state index contributed by atoms with van der Waals surface area (Å²) in [5.74, 6) is 1.84. The molecule has 3 aliphatic rings. The van der Waals surface area contributed by atoms with Crippen LogP contribution in [0.15, 0.2) is 67.0 Å².